The fourth-order valence-electron chi connectivity index (χ4n) is 8.86. The number of benzene rings is 7. The summed E-state index contributed by atoms with van der Waals surface area (Å²) in [7, 11) is 0. The number of hydrogen-bond donors (Lipinski definition) is 0. The predicted molar refractivity (Wildman–Crippen MR) is 219 cm³/mol. The van der Waals surface area contributed by atoms with Crippen LogP contribution in [0.5, 0.6) is 0 Å². The van der Waals surface area contributed by atoms with E-state index >= 15 is 0 Å². The van der Waals surface area contributed by atoms with Crippen LogP contribution in [0.1, 0.15) is 25.0 Å². The van der Waals surface area contributed by atoms with Gasteiger partial charge in [0.25, 0.3) is 0 Å². The molecule has 0 radical (unpaired) electrons. The molecule has 7 aromatic carbocycles. The van der Waals surface area contributed by atoms with Crippen LogP contribution >= 0.6 is 0 Å². The van der Waals surface area contributed by atoms with E-state index in [4.69, 9.17) is 9.97 Å². The molecule has 0 bridgehead atoms. The fourth-order valence-corrected chi connectivity index (χ4v) is 8.86. The Morgan fingerprint density at radius 3 is 1.57 bits per heavy atom. The summed E-state index contributed by atoms with van der Waals surface area (Å²) in [5.74, 6) is 0.645. The van der Waals surface area contributed by atoms with Gasteiger partial charge in [-0.25, -0.2) is 9.97 Å². The zero-order valence-corrected chi connectivity index (χ0v) is 29.5. The molecule has 3 aromatic heterocycles. The molecule has 4 heteroatoms. The Bertz CT molecular complexity index is 3020. The van der Waals surface area contributed by atoms with E-state index in [1.807, 2.05) is 12.1 Å². The molecule has 0 saturated heterocycles. The van der Waals surface area contributed by atoms with E-state index in [1.54, 1.807) is 0 Å². The molecule has 1 aliphatic rings. The SMILES string of the molecule is CC1(C)c2ccccc2-c2ccc(-n3c4ccccc4c4ccc5c6ccccc6n(-c6nc(-c7ccccc7)cc(-c7ccccc7)n6)c5c43)cc21. The summed E-state index contributed by atoms with van der Waals surface area (Å²) < 4.78 is 4.77. The second kappa shape index (κ2) is 11.1. The maximum atomic E-state index is 5.37. The normalized spacial score (nSPS) is 13.2. The maximum absolute atomic E-state index is 5.37. The highest BCUT2D eigenvalue weighted by Gasteiger charge is 2.35. The third kappa shape index (κ3) is 4.30. The smallest absolute Gasteiger partial charge is 0.235 e. The van der Waals surface area contributed by atoms with Gasteiger partial charge in [-0.05, 0) is 52.6 Å². The zero-order chi connectivity index (χ0) is 35.3. The van der Waals surface area contributed by atoms with E-state index in [-0.39, 0.29) is 5.41 Å². The van der Waals surface area contributed by atoms with Crippen LogP contribution in [0.25, 0.3) is 88.9 Å². The molecular formula is C49H34N4. The molecule has 250 valence electrons. The van der Waals surface area contributed by atoms with Gasteiger partial charge < -0.3 is 4.57 Å². The van der Waals surface area contributed by atoms with Gasteiger partial charge in [-0.15, -0.1) is 0 Å². The Labute approximate surface area is 307 Å². The van der Waals surface area contributed by atoms with Gasteiger partial charge in [-0.3, -0.25) is 4.57 Å². The van der Waals surface area contributed by atoms with Gasteiger partial charge in [0.15, 0.2) is 0 Å². The summed E-state index contributed by atoms with van der Waals surface area (Å²) >= 11 is 0. The lowest BCUT2D eigenvalue weighted by molar-refractivity contribution is 0.660. The summed E-state index contributed by atoms with van der Waals surface area (Å²) in [4.78, 5) is 10.7. The summed E-state index contributed by atoms with van der Waals surface area (Å²) in [5, 5.41) is 4.75. The lowest BCUT2D eigenvalue weighted by atomic mass is 9.82. The third-order valence-electron chi connectivity index (χ3n) is 11.3. The Hall–Kier alpha value is -6.78. The monoisotopic (exact) mass is 678 g/mol. The van der Waals surface area contributed by atoms with Crippen LogP contribution in [-0.4, -0.2) is 19.1 Å². The van der Waals surface area contributed by atoms with Crippen molar-refractivity contribution in [2.75, 3.05) is 0 Å². The number of para-hydroxylation sites is 2. The quantitative estimate of drug-likeness (QED) is 0.186. The molecule has 4 nitrogen and oxygen atoms in total. The zero-order valence-electron chi connectivity index (χ0n) is 29.5. The Morgan fingerprint density at radius 2 is 0.925 bits per heavy atom. The van der Waals surface area contributed by atoms with Crippen LogP contribution in [0, 0.1) is 0 Å². The van der Waals surface area contributed by atoms with Crippen LogP contribution in [0.2, 0.25) is 0 Å². The summed E-state index contributed by atoms with van der Waals surface area (Å²) in [6.07, 6.45) is 0. The van der Waals surface area contributed by atoms with Crippen LogP contribution in [0.4, 0.5) is 0 Å². The van der Waals surface area contributed by atoms with Gasteiger partial charge in [0.1, 0.15) is 0 Å². The van der Waals surface area contributed by atoms with Gasteiger partial charge in [-0.2, -0.15) is 0 Å². The van der Waals surface area contributed by atoms with Crippen molar-refractivity contribution in [2.45, 2.75) is 19.3 Å². The molecule has 0 saturated carbocycles. The van der Waals surface area contributed by atoms with Crippen molar-refractivity contribution in [3.63, 3.8) is 0 Å². The highest BCUT2D eigenvalue weighted by molar-refractivity contribution is 6.23. The topological polar surface area (TPSA) is 35.6 Å². The minimum atomic E-state index is -0.121. The van der Waals surface area contributed by atoms with Crippen LogP contribution in [0.3, 0.4) is 0 Å². The highest BCUT2D eigenvalue weighted by atomic mass is 15.2. The molecule has 3 heterocycles. The molecule has 0 atom stereocenters. The first-order valence-electron chi connectivity index (χ1n) is 18.3. The Balaban J connectivity index is 1.27. The molecule has 11 rings (SSSR count). The number of aromatic nitrogens is 4. The first kappa shape index (κ1) is 29.9. The van der Waals surface area contributed by atoms with E-state index in [1.165, 1.54) is 49.3 Å². The average molecular weight is 679 g/mol. The third-order valence-corrected chi connectivity index (χ3v) is 11.3. The predicted octanol–water partition coefficient (Wildman–Crippen LogP) is 12.3. The molecule has 0 fully saturated rings. The van der Waals surface area contributed by atoms with Crippen LogP contribution in [0.15, 0.2) is 170 Å². The summed E-state index contributed by atoms with van der Waals surface area (Å²) in [6.45, 7) is 4.70. The molecule has 0 aliphatic heterocycles. The molecule has 0 N–H and O–H groups in total. The van der Waals surface area contributed by atoms with Gasteiger partial charge in [0, 0.05) is 43.8 Å². The second-order valence-corrected chi connectivity index (χ2v) is 14.6. The van der Waals surface area contributed by atoms with Crippen molar-refractivity contribution in [1.82, 2.24) is 19.1 Å². The molecule has 0 unspecified atom stereocenters. The highest BCUT2D eigenvalue weighted by Crippen LogP contribution is 2.50. The van der Waals surface area contributed by atoms with E-state index < -0.39 is 0 Å². The average Bonchev–Trinajstić information content (AvgIpc) is 3.82. The summed E-state index contributed by atoms with van der Waals surface area (Å²) in [5.41, 5.74) is 14.7. The lowest BCUT2D eigenvalue weighted by Crippen LogP contribution is -2.15. The van der Waals surface area contributed by atoms with Gasteiger partial charge >= 0.3 is 0 Å². The van der Waals surface area contributed by atoms with Crippen molar-refractivity contribution < 1.29 is 0 Å². The minimum absolute atomic E-state index is 0.121. The van der Waals surface area contributed by atoms with Crippen molar-refractivity contribution in [3.8, 4) is 45.3 Å². The van der Waals surface area contributed by atoms with Crippen molar-refractivity contribution >= 4 is 43.6 Å². The fraction of sp³-hybridized carbons (Fsp3) is 0.0612. The van der Waals surface area contributed by atoms with E-state index in [0.29, 0.717) is 5.95 Å². The number of nitrogens with zero attached hydrogens (tertiary/aromatic N) is 4. The van der Waals surface area contributed by atoms with Crippen molar-refractivity contribution in [2.24, 2.45) is 0 Å². The van der Waals surface area contributed by atoms with Gasteiger partial charge in [0.2, 0.25) is 5.95 Å². The molecule has 1 aliphatic carbocycles. The van der Waals surface area contributed by atoms with Crippen molar-refractivity contribution in [3.05, 3.63) is 181 Å². The maximum Gasteiger partial charge on any atom is 0.235 e. The van der Waals surface area contributed by atoms with E-state index in [0.717, 1.165) is 44.8 Å². The van der Waals surface area contributed by atoms with Crippen LogP contribution < -0.4 is 0 Å². The molecule has 10 aromatic rings. The minimum Gasteiger partial charge on any atom is -0.307 e. The number of hydrogen-bond acceptors (Lipinski definition) is 2. The first-order valence-corrected chi connectivity index (χ1v) is 18.3. The van der Waals surface area contributed by atoms with Gasteiger partial charge in [-0.1, -0.05) is 153 Å². The Morgan fingerprint density at radius 1 is 0.415 bits per heavy atom. The number of rotatable bonds is 4. The lowest BCUT2D eigenvalue weighted by Gasteiger charge is -2.22. The number of fused-ring (bicyclic) bond motifs is 10. The van der Waals surface area contributed by atoms with Gasteiger partial charge in [0.05, 0.1) is 33.5 Å². The molecule has 53 heavy (non-hydrogen) atoms. The Kier molecular flexibility index (Phi) is 6.27. The molecular weight excluding hydrogens is 645 g/mol. The first-order chi connectivity index (χ1) is 26.1. The van der Waals surface area contributed by atoms with Crippen molar-refractivity contribution in [1.29, 1.82) is 0 Å². The standard InChI is InChI=1S/C49H34N4/c1-49(2)40-22-12-9-19-34(40)35-26-25-33(29-41(35)49)52-44-23-13-10-20-36(44)38-27-28-39-37-21-11-14-24-45(37)53(47(39)46(38)52)48-50-42(31-15-5-3-6-16-31)30-43(51-48)32-17-7-4-8-18-32/h3-30H,1-2H3. The van der Waals surface area contributed by atoms with E-state index in [9.17, 15) is 0 Å². The summed E-state index contributed by atoms with van der Waals surface area (Å²) in [6, 6.07) is 60.9. The van der Waals surface area contributed by atoms with Crippen LogP contribution in [-0.2, 0) is 5.41 Å². The second-order valence-electron chi connectivity index (χ2n) is 14.6. The van der Waals surface area contributed by atoms with E-state index in [2.05, 4.69) is 181 Å². The largest absolute Gasteiger partial charge is 0.307 e. The molecule has 0 amide bonds. The molecule has 0 spiro atoms.